The quantitative estimate of drug-likeness (QED) is 0.528. The first kappa shape index (κ1) is 16.7. The lowest BCUT2D eigenvalue weighted by Crippen LogP contribution is -2.10. The summed E-state index contributed by atoms with van der Waals surface area (Å²) in [6, 6.07) is 5.78. The molecule has 9 heteroatoms. The summed E-state index contributed by atoms with van der Waals surface area (Å²) in [5.74, 6) is 1.01. The third kappa shape index (κ3) is 3.31. The van der Waals surface area contributed by atoms with E-state index in [1.54, 1.807) is 29.4 Å². The molecule has 0 spiro atoms. The maximum Gasteiger partial charge on any atom is 0.224 e. The Kier molecular flexibility index (Phi) is 4.64. The van der Waals surface area contributed by atoms with Crippen LogP contribution in [0, 0.1) is 0 Å². The van der Waals surface area contributed by atoms with Crippen molar-refractivity contribution in [2.45, 2.75) is 6.42 Å². The highest BCUT2D eigenvalue weighted by molar-refractivity contribution is 6.34. The molecule has 4 heterocycles. The van der Waals surface area contributed by atoms with E-state index in [9.17, 15) is 0 Å². The van der Waals surface area contributed by atoms with Crippen molar-refractivity contribution < 1.29 is 0 Å². The van der Waals surface area contributed by atoms with Gasteiger partial charge in [-0.1, -0.05) is 23.2 Å². The fraction of sp³-hybridized carbons (Fsp3) is 0.118. The molecule has 0 aliphatic carbocycles. The Morgan fingerprint density at radius 3 is 2.73 bits per heavy atom. The van der Waals surface area contributed by atoms with Crippen LogP contribution in [0.3, 0.4) is 0 Å². The minimum atomic E-state index is 0.384. The molecule has 0 aliphatic rings. The van der Waals surface area contributed by atoms with E-state index in [1.165, 1.54) is 11.9 Å². The first-order chi connectivity index (χ1) is 12.7. The highest BCUT2D eigenvalue weighted by atomic mass is 35.5. The maximum atomic E-state index is 6.30. The predicted octanol–water partition coefficient (Wildman–Crippen LogP) is 3.57. The van der Waals surface area contributed by atoms with Gasteiger partial charge in [-0.25, -0.2) is 15.0 Å². The van der Waals surface area contributed by atoms with Crippen molar-refractivity contribution in [3.8, 4) is 5.82 Å². The average Bonchev–Trinajstić information content (AvgIpc) is 3.09. The van der Waals surface area contributed by atoms with Crippen molar-refractivity contribution in [2.75, 3.05) is 11.9 Å². The Bertz CT molecular complexity index is 1050. The largest absolute Gasteiger partial charge is 0.354 e. The van der Waals surface area contributed by atoms with E-state index < -0.39 is 0 Å². The Balaban J connectivity index is 1.59. The summed E-state index contributed by atoms with van der Waals surface area (Å²) in [6.07, 6.45) is 9.16. The second-order valence-corrected chi connectivity index (χ2v) is 6.25. The predicted molar refractivity (Wildman–Crippen MR) is 101 cm³/mol. The van der Waals surface area contributed by atoms with Crippen LogP contribution in [0.5, 0.6) is 0 Å². The van der Waals surface area contributed by atoms with Gasteiger partial charge in [-0.2, -0.15) is 4.98 Å². The summed E-state index contributed by atoms with van der Waals surface area (Å²) in [7, 11) is 0. The summed E-state index contributed by atoms with van der Waals surface area (Å²) >= 11 is 12.4. The lowest BCUT2D eigenvalue weighted by molar-refractivity contribution is 0.950. The molecule has 0 atom stereocenters. The van der Waals surface area contributed by atoms with Gasteiger partial charge in [0.1, 0.15) is 16.5 Å². The van der Waals surface area contributed by atoms with Gasteiger partial charge in [-0.15, -0.1) is 0 Å². The van der Waals surface area contributed by atoms with Gasteiger partial charge < -0.3 is 5.32 Å². The number of hydrogen-bond donors (Lipinski definition) is 1. The van der Waals surface area contributed by atoms with Crippen LogP contribution in [0.2, 0.25) is 10.2 Å². The molecule has 26 heavy (non-hydrogen) atoms. The van der Waals surface area contributed by atoms with Crippen molar-refractivity contribution in [2.24, 2.45) is 0 Å². The summed E-state index contributed by atoms with van der Waals surface area (Å²) in [5.41, 5.74) is 1.82. The Labute approximate surface area is 159 Å². The minimum Gasteiger partial charge on any atom is -0.354 e. The van der Waals surface area contributed by atoms with Gasteiger partial charge in [0.05, 0.1) is 11.6 Å². The number of halogens is 2. The minimum absolute atomic E-state index is 0.384. The lowest BCUT2D eigenvalue weighted by atomic mass is 10.2. The molecule has 0 aromatic carbocycles. The monoisotopic (exact) mass is 385 g/mol. The van der Waals surface area contributed by atoms with Gasteiger partial charge in [0.15, 0.2) is 11.5 Å². The molecule has 4 rings (SSSR count). The van der Waals surface area contributed by atoms with E-state index in [4.69, 9.17) is 23.2 Å². The number of nitrogens with one attached hydrogen (secondary N) is 1. The Morgan fingerprint density at radius 1 is 1.04 bits per heavy atom. The first-order valence-corrected chi connectivity index (χ1v) is 8.61. The van der Waals surface area contributed by atoms with Gasteiger partial charge in [0.2, 0.25) is 5.95 Å². The Morgan fingerprint density at radius 2 is 1.88 bits per heavy atom. The Hall–Kier alpha value is -2.77. The number of pyridine rings is 1. The van der Waals surface area contributed by atoms with Crippen LogP contribution in [-0.2, 0) is 6.42 Å². The number of aromatic nitrogens is 6. The van der Waals surface area contributed by atoms with Gasteiger partial charge in [0.25, 0.3) is 0 Å². The van der Waals surface area contributed by atoms with E-state index in [-0.39, 0.29) is 0 Å². The normalized spacial score (nSPS) is 11.0. The second kappa shape index (κ2) is 7.23. The standard InChI is InChI=1S/C17H13Cl2N7/c18-13-9-22-17(21-7-3-11-1-5-20-6-2-11)25-16(13)26-8-4-12-14(19)23-10-24-15(12)26/h1-2,4-6,8-10H,3,7H2,(H,21,22,25). The lowest BCUT2D eigenvalue weighted by Gasteiger charge is -2.09. The molecule has 0 radical (unpaired) electrons. The van der Waals surface area contributed by atoms with E-state index in [2.05, 4.69) is 30.2 Å². The van der Waals surface area contributed by atoms with E-state index >= 15 is 0 Å². The van der Waals surface area contributed by atoms with Crippen molar-refractivity contribution in [1.29, 1.82) is 0 Å². The molecule has 0 saturated carbocycles. The average molecular weight is 386 g/mol. The zero-order valence-electron chi connectivity index (χ0n) is 13.5. The topological polar surface area (TPSA) is 81.4 Å². The van der Waals surface area contributed by atoms with Crippen molar-refractivity contribution in [3.63, 3.8) is 0 Å². The molecule has 4 aromatic rings. The molecule has 0 fully saturated rings. The number of anilines is 1. The van der Waals surface area contributed by atoms with Crippen LogP contribution in [0.25, 0.3) is 16.9 Å². The van der Waals surface area contributed by atoms with E-state index in [1.807, 2.05) is 18.2 Å². The molecular formula is C17H13Cl2N7. The van der Waals surface area contributed by atoms with Gasteiger partial charge >= 0.3 is 0 Å². The molecule has 130 valence electrons. The SMILES string of the molecule is Clc1cnc(NCCc2ccncc2)nc1-n1ccc2c(Cl)ncnc21. The van der Waals surface area contributed by atoms with E-state index in [0.29, 0.717) is 34.1 Å². The number of fused-ring (bicyclic) bond motifs is 1. The van der Waals surface area contributed by atoms with Crippen LogP contribution in [0.4, 0.5) is 5.95 Å². The van der Waals surface area contributed by atoms with Gasteiger partial charge in [0, 0.05) is 25.1 Å². The summed E-state index contributed by atoms with van der Waals surface area (Å²) in [4.78, 5) is 21.0. The number of hydrogen-bond acceptors (Lipinski definition) is 6. The summed E-state index contributed by atoms with van der Waals surface area (Å²) in [6.45, 7) is 0.686. The number of nitrogens with zero attached hydrogens (tertiary/aromatic N) is 6. The third-order valence-corrected chi connectivity index (χ3v) is 4.40. The number of rotatable bonds is 5. The van der Waals surface area contributed by atoms with Crippen molar-refractivity contribution >= 4 is 40.2 Å². The molecule has 4 aromatic heterocycles. The molecule has 0 saturated heterocycles. The second-order valence-electron chi connectivity index (χ2n) is 5.48. The van der Waals surface area contributed by atoms with Crippen LogP contribution < -0.4 is 5.32 Å². The molecule has 0 unspecified atom stereocenters. The molecule has 7 nitrogen and oxygen atoms in total. The van der Waals surface area contributed by atoms with Crippen LogP contribution in [0.15, 0.2) is 49.3 Å². The summed E-state index contributed by atoms with van der Waals surface area (Å²) < 4.78 is 1.76. The first-order valence-electron chi connectivity index (χ1n) is 7.85. The zero-order valence-corrected chi connectivity index (χ0v) is 15.0. The van der Waals surface area contributed by atoms with E-state index in [0.717, 1.165) is 11.8 Å². The van der Waals surface area contributed by atoms with Crippen molar-refractivity contribution in [3.05, 3.63) is 65.1 Å². The molecule has 1 N–H and O–H groups in total. The fourth-order valence-corrected chi connectivity index (χ4v) is 2.95. The zero-order chi connectivity index (χ0) is 17.9. The highest BCUT2D eigenvalue weighted by Crippen LogP contribution is 2.26. The highest BCUT2D eigenvalue weighted by Gasteiger charge is 2.13. The molecule has 0 amide bonds. The van der Waals surface area contributed by atoms with Crippen LogP contribution in [0.1, 0.15) is 5.56 Å². The molecular weight excluding hydrogens is 373 g/mol. The van der Waals surface area contributed by atoms with Crippen LogP contribution >= 0.6 is 23.2 Å². The molecule has 0 bridgehead atoms. The fourth-order valence-electron chi connectivity index (χ4n) is 2.57. The third-order valence-electron chi connectivity index (χ3n) is 3.83. The maximum absolute atomic E-state index is 6.30. The van der Waals surface area contributed by atoms with Gasteiger partial charge in [-0.05, 0) is 30.2 Å². The summed E-state index contributed by atoms with van der Waals surface area (Å²) in [5, 5.41) is 4.74. The smallest absolute Gasteiger partial charge is 0.224 e. The van der Waals surface area contributed by atoms with Crippen LogP contribution in [-0.4, -0.2) is 36.0 Å². The molecule has 0 aliphatic heterocycles. The van der Waals surface area contributed by atoms with Crippen molar-refractivity contribution in [1.82, 2.24) is 29.5 Å². The van der Waals surface area contributed by atoms with Gasteiger partial charge in [-0.3, -0.25) is 9.55 Å².